The number of nitrogens with one attached hydrogen (secondary N) is 1. The number of carbonyl (C=O) groups excluding carboxylic acids is 1. The molecule has 1 heterocycles. The highest BCUT2D eigenvalue weighted by molar-refractivity contribution is 7.11. The van der Waals surface area contributed by atoms with E-state index in [1.165, 1.54) is 11.3 Å². The molecular formula is C12H11Cl2N3OS. The van der Waals surface area contributed by atoms with Crippen LogP contribution in [0.1, 0.15) is 20.4 Å². The third-order valence-corrected chi connectivity index (χ3v) is 4.01. The Bertz CT molecular complexity index is 600. The molecule has 2 rings (SSSR count). The van der Waals surface area contributed by atoms with E-state index in [1.807, 2.05) is 6.92 Å². The summed E-state index contributed by atoms with van der Waals surface area (Å²) in [5.41, 5.74) is 0.489. The molecule has 1 aromatic carbocycles. The van der Waals surface area contributed by atoms with Crippen LogP contribution < -0.4 is 5.32 Å². The number of amides is 1. The first-order valence-corrected chi connectivity index (χ1v) is 7.16. The van der Waals surface area contributed by atoms with E-state index < -0.39 is 0 Å². The van der Waals surface area contributed by atoms with Crippen LogP contribution in [-0.2, 0) is 6.42 Å². The zero-order valence-electron chi connectivity index (χ0n) is 10.1. The molecule has 0 radical (unpaired) electrons. The lowest BCUT2D eigenvalue weighted by atomic mass is 10.2. The van der Waals surface area contributed by atoms with Gasteiger partial charge in [-0.25, -0.2) is 0 Å². The molecule has 2 aromatic rings. The summed E-state index contributed by atoms with van der Waals surface area (Å²) >= 11 is 13.2. The van der Waals surface area contributed by atoms with Gasteiger partial charge in [-0.2, -0.15) is 0 Å². The van der Waals surface area contributed by atoms with Crippen LogP contribution in [0.2, 0.25) is 10.0 Å². The van der Waals surface area contributed by atoms with Gasteiger partial charge in [0, 0.05) is 18.5 Å². The van der Waals surface area contributed by atoms with Gasteiger partial charge in [-0.15, -0.1) is 21.5 Å². The fourth-order valence-electron chi connectivity index (χ4n) is 1.46. The van der Waals surface area contributed by atoms with Crippen molar-refractivity contribution in [3.05, 3.63) is 43.8 Å². The summed E-state index contributed by atoms with van der Waals surface area (Å²) in [6, 6.07) is 4.79. The lowest BCUT2D eigenvalue weighted by molar-refractivity contribution is 0.0954. The average Bonchev–Trinajstić information content (AvgIpc) is 2.78. The van der Waals surface area contributed by atoms with Crippen molar-refractivity contribution in [2.75, 3.05) is 6.54 Å². The van der Waals surface area contributed by atoms with Crippen LogP contribution in [0.15, 0.2) is 18.2 Å². The summed E-state index contributed by atoms with van der Waals surface area (Å²) in [7, 11) is 0. The molecule has 0 aliphatic heterocycles. The number of nitrogens with zero attached hydrogens (tertiary/aromatic N) is 2. The highest BCUT2D eigenvalue weighted by Crippen LogP contribution is 2.22. The number of carbonyl (C=O) groups is 1. The highest BCUT2D eigenvalue weighted by atomic mass is 35.5. The zero-order chi connectivity index (χ0) is 13.8. The SMILES string of the molecule is Cc1nnc(CCNC(=O)c2ccc(Cl)c(Cl)c2)s1. The Morgan fingerprint density at radius 2 is 2.11 bits per heavy atom. The van der Waals surface area contributed by atoms with Gasteiger partial charge in [0.05, 0.1) is 10.0 Å². The smallest absolute Gasteiger partial charge is 0.251 e. The fraction of sp³-hybridized carbons (Fsp3) is 0.250. The summed E-state index contributed by atoms with van der Waals surface area (Å²) in [5, 5.41) is 13.3. The average molecular weight is 316 g/mol. The van der Waals surface area contributed by atoms with Crippen molar-refractivity contribution in [1.29, 1.82) is 0 Å². The van der Waals surface area contributed by atoms with Crippen LogP contribution >= 0.6 is 34.5 Å². The lowest BCUT2D eigenvalue weighted by Gasteiger charge is -2.04. The Morgan fingerprint density at radius 3 is 2.74 bits per heavy atom. The Kier molecular flexibility index (Phi) is 4.74. The molecule has 0 aliphatic carbocycles. The lowest BCUT2D eigenvalue weighted by Crippen LogP contribution is -2.25. The summed E-state index contributed by atoms with van der Waals surface area (Å²) < 4.78 is 0. The molecule has 4 nitrogen and oxygen atoms in total. The van der Waals surface area contributed by atoms with Gasteiger partial charge in [0.2, 0.25) is 0 Å². The maximum Gasteiger partial charge on any atom is 0.251 e. The molecule has 19 heavy (non-hydrogen) atoms. The monoisotopic (exact) mass is 315 g/mol. The number of aromatic nitrogens is 2. The van der Waals surface area contributed by atoms with Crippen LogP contribution in [0.5, 0.6) is 0 Å². The second kappa shape index (κ2) is 6.32. The molecule has 0 spiro atoms. The quantitative estimate of drug-likeness (QED) is 0.943. The molecule has 7 heteroatoms. The normalized spacial score (nSPS) is 10.5. The number of hydrogen-bond acceptors (Lipinski definition) is 4. The van der Waals surface area contributed by atoms with Gasteiger partial charge in [0.25, 0.3) is 5.91 Å². The van der Waals surface area contributed by atoms with Crippen LogP contribution in [0.4, 0.5) is 0 Å². The van der Waals surface area contributed by atoms with E-state index in [-0.39, 0.29) is 5.91 Å². The molecule has 1 N–H and O–H groups in total. The van der Waals surface area contributed by atoms with E-state index in [0.717, 1.165) is 10.0 Å². The van der Waals surface area contributed by atoms with Gasteiger partial charge in [-0.3, -0.25) is 4.79 Å². The van der Waals surface area contributed by atoms with E-state index in [1.54, 1.807) is 18.2 Å². The van der Waals surface area contributed by atoms with Crippen molar-refractivity contribution >= 4 is 40.4 Å². The van der Waals surface area contributed by atoms with Crippen LogP contribution in [0, 0.1) is 6.92 Å². The van der Waals surface area contributed by atoms with E-state index in [2.05, 4.69) is 15.5 Å². The molecule has 0 unspecified atom stereocenters. The Balaban J connectivity index is 1.89. The number of rotatable bonds is 4. The fourth-order valence-corrected chi connectivity index (χ4v) is 2.47. The minimum atomic E-state index is -0.181. The molecular weight excluding hydrogens is 305 g/mol. The third kappa shape index (κ3) is 3.89. The molecule has 0 saturated carbocycles. The second-order valence-corrected chi connectivity index (χ2v) is 5.93. The third-order valence-electron chi connectivity index (χ3n) is 2.37. The Labute approximate surface area is 124 Å². The molecule has 0 saturated heterocycles. The van der Waals surface area contributed by atoms with E-state index >= 15 is 0 Å². The first-order valence-electron chi connectivity index (χ1n) is 5.58. The summed E-state index contributed by atoms with van der Waals surface area (Å²) in [6.45, 7) is 2.41. The van der Waals surface area contributed by atoms with Crippen molar-refractivity contribution in [2.45, 2.75) is 13.3 Å². The number of hydrogen-bond donors (Lipinski definition) is 1. The van der Waals surface area contributed by atoms with Crippen molar-refractivity contribution in [3.63, 3.8) is 0 Å². The van der Waals surface area contributed by atoms with E-state index in [0.29, 0.717) is 28.6 Å². The van der Waals surface area contributed by atoms with Crippen molar-refractivity contribution < 1.29 is 4.79 Å². The number of aryl methyl sites for hydroxylation is 1. The standard InChI is InChI=1S/C12H11Cl2N3OS/c1-7-16-17-11(19-7)4-5-15-12(18)8-2-3-9(13)10(14)6-8/h2-3,6H,4-5H2,1H3,(H,15,18). The first kappa shape index (κ1) is 14.2. The molecule has 0 fully saturated rings. The van der Waals surface area contributed by atoms with Crippen LogP contribution in [-0.4, -0.2) is 22.6 Å². The Hall–Kier alpha value is -1.17. The molecule has 1 aromatic heterocycles. The van der Waals surface area contributed by atoms with Gasteiger partial charge < -0.3 is 5.32 Å². The number of halogens is 2. The first-order chi connectivity index (χ1) is 9.06. The van der Waals surface area contributed by atoms with Gasteiger partial charge >= 0.3 is 0 Å². The van der Waals surface area contributed by atoms with Gasteiger partial charge in [0.15, 0.2) is 0 Å². The highest BCUT2D eigenvalue weighted by Gasteiger charge is 2.08. The maximum atomic E-state index is 11.9. The minimum absolute atomic E-state index is 0.181. The maximum absolute atomic E-state index is 11.9. The second-order valence-electron chi connectivity index (χ2n) is 3.85. The van der Waals surface area contributed by atoms with Gasteiger partial charge in [-0.1, -0.05) is 23.2 Å². The predicted octanol–water partition coefficient (Wildman–Crippen LogP) is 3.13. The van der Waals surface area contributed by atoms with Crippen LogP contribution in [0.3, 0.4) is 0 Å². The summed E-state index contributed by atoms with van der Waals surface area (Å²) in [5.74, 6) is -0.181. The summed E-state index contributed by atoms with van der Waals surface area (Å²) in [4.78, 5) is 11.9. The Morgan fingerprint density at radius 1 is 1.32 bits per heavy atom. The predicted molar refractivity (Wildman–Crippen MR) is 77.1 cm³/mol. The molecule has 1 amide bonds. The topological polar surface area (TPSA) is 54.9 Å². The van der Waals surface area contributed by atoms with Crippen molar-refractivity contribution in [2.24, 2.45) is 0 Å². The summed E-state index contributed by atoms with van der Waals surface area (Å²) in [6.07, 6.45) is 0.665. The largest absolute Gasteiger partial charge is 0.352 e. The number of benzene rings is 1. The van der Waals surface area contributed by atoms with E-state index in [4.69, 9.17) is 23.2 Å². The van der Waals surface area contributed by atoms with Crippen molar-refractivity contribution in [1.82, 2.24) is 15.5 Å². The minimum Gasteiger partial charge on any atom is -0.352 e. The van der Waals surface area contributed by atoms with Gasteiger partial charge in [0.1, 0.15) is 10.0 Å². The van der Waals surface area contributed by atoms with Gasteiger partial charge in [-0.05, 0) is 25.1 Å². The zero-order valence-corrected chi connectivity index (χ0v) is 12.4. The molecule has 0 atom stereocenters. The molecule has 100 valence electrons. The molecule has 0 aliphatic rings. The van der Waals surface area contributed by atoms with Crippen molar-refractivity contribution in [3.8, 4) is 0 Å². The van der Waals surface area contributed by atoms with E-state index in [9.17, 15) is 4.79 Å². The molecule has 0 bridgehead atoms. The van der Waals surface area contributed by atoms with Crippen LogP contribution in [0.25, 0.3) is 0 Å².